The summed E-state index contributed by atoms with van der Waals surface area (Å²) in [5.74, 6) is 0.893. The topological polar surface area (TPSA) is 36.9 Å². The number of rotatable bonds is 20. The Balaban J connectivity index is 2.80. The van der Waals surface area contributed by atoms with Crippen molar-refractivity contribution in [2.24, 2.45) is 5.92 Å². The zero-order chi connectivity index (χ0) is 34.8. The van der Waals surface area contributed by atoms with Crippen LogP contribution >= 0.6 is 0 Å². The first-order chi connectivity index (χ1) is 21.6. The van der Waals surface area contributed by atoms with Crippen LogP contribution in [-0.2, 0) is 20.2 Å². The van der Waals surface area contributed by atoms with E-state index in [0.717, 1.165) is 17.7 Å². The predicted octanol–water partition coefficient (Wildman–Crippen LogP) is 12.3. The van der Waals surface area contributed by atoms with E-state index in [4.69, 9.17) is 18.3 Å². The highest BCUT2D eigenvalue weighted by Gasteiger charge is 2.53. The molecule has 0 N–H and O–H groups in total. The Hall–Kier alpha value is -1.71. The van der Waals surface area contributed by atoms with Crippen molar-refractivity contribution < 1.29 is 18.3 Å². The van der Waals surface area contributed by atoms with E-state index in [9.17, 15) is 0 Å². The lowest BCUT2D eigenvalue weighted by molar-refractivity contribution is -0.0714. The summed E-state index contributed by atoms with van der Waals surface area (Å²) in [7, 11) is -2.94. The molecule has 0 aliphatic carbocycles. The first-order valence-corrected chi connectivity index (χ1v) is 22.1. The molecule has 0 aliphatic heterocycles. The van der Waals surface area contributed by atoms with Crippen LogP contribution < -0.4 is 4.74 Å². The molecule has 0 saturated heterocycles. The smallest absolute Gasteiger partial charge is 0.201 e. The maximum atomic E-state index is 7.90. The van der Waals surface area contributed by atoms with Gasteiger partial charge in [-0.1, -0.05) is 139 Å². The zero-order valence-electron chi connectivity index (χ0n) is 31.8. The van der Waals surface area contributed by atoms with Gasteiger partial charge in [0.15, 0.2) is 0 Å². The lowest BCUT2D eigenvalue weighted by atomic mass is 9.89. The standard InChI is InChI=1S/C40H68O4Si2/c1-16-20-38(42-27-35-23-25-37(41-15)26-24-35)34(14)39(43-45(28(2)3,29(4)5)30(6)7)40(36-21-18-17-19-22-36)44-46(31(8)9,32(10)11)33(12)13/h16-19,21-26,28-34,38-40H,1,20,27H2,2-15H3/t34-,38-,39+,40+/m0/s1. The normalized spacial score (nSPS) is 15.7. The van der Waals surface area contributed by atoms with E-state index in [0.29, 0.717) is 39.9 Å². The number of methoxy groups -OCH3 is 1. The summed E-state index contributed by atoms with van der Waals surface area (Å²) in [4.78, 5) is 0. The minimum absolute atomic E-state index is 0.0442. The van der Waals surface area contributed by atoms with E-state index in [1.165, 1.54) is 5.56 Å². The summed E-state index contributed by atoms with van der Waals surface area (Å²) in [6.45, 7) is 35.5. The fraction of sp³-hybridized carbons (Fsp3) is 0.650. The SMILES string of the molecule is C=CC[C@H](OCc1ccc(OC)cc1)[C@H](C)[C@@H](O[Si](C(C)C)(C(C)C)C(C)C)[C@H](O[Si](C(C)C)(C(C)C)C(C)C)c1ccccc1. The molecule has 0 unspecified atom stereocenters. The number of benzene rings is 2. The van der Waals surface area contributed by atoms with E-state index in [1.54, 1.807) is 7.11 Å². The molecule has 46 heavy (non-hydrogen) atoms. The number of ether oxygens (including phenoxy) is 2. The fourth-order valence-electron chi connectivity index (χ4n) is 8.42. The minimum Gasteiger partial charge on any atom is -0.497 e. The molecule has 2 aromatic carbocycles. The van der Waals surface area contributed by atoms with Crippen molar-refractivity contribution in [2.45, 2.75) is 155 Å². The highest BCUT2D eigenvalue weighted by molar-refractivity contribution is 6.78. The second-order valence-corrected chi connectivity index (χ2v) is 26.1. The maximum absolute atomic E-state index is 7.90. The molecule has 0 fully saturated rings. The number of hydrogen-bond acceptors (Lipinski definition) is 4. The van der Waals surface area contributed by atoms with Crippen LogP contribution in [0.5, 0.6) is 5.75 Å². The van der Waals surface area contributed by atoms with Gasteiger partial charge in [-0.2, -0.15) is 0 Å². The van der Waals surface area contributed by atoms with Gasteiger partial charge in [-0.05, 0) is 62.9 Å². The first-order valence-electron chi connectivity index (χ1n) is 17.9. The van der Waals surface area contributed by atoms with Crippen LogP contribution in [0.15, 0.2) is 67.3 Å². The van der Waals surface area contributed by atoms with Gasteiger partial charge in [-0.3, -0.25) is 0 Å². The molecular formula is C40H68O4Si2. The highest BCUT2D eigenvalue weighted by Crippen LogP contribution is 2.50. The molecule has 0 amide bonds. The van der Waals surface area contributed by atoms with Crippen LogP contribution in [0.1, 0.15) is 114 Å². The van der Waals surface area contributed by atoms with E-state index >= 15 is 0 Å². The highest BCUT2D eigenvalue weighted by atomic mass is 28.4. The van der Waals surface area contributed by atoms with Crippen LogP contribution in [0, 0.1) is 5.92 Å². The Morgan fingerprint density at radius 2 is 1.09 bits per heavy atom. The van der Waals surface area contributed by atoms with E-state index in [2.05, 4.69) is 139 Å². The quantitative estimate of drug-likeness (QED) is 0.104. The van der Waals surface area contributed by atoms with Crippen molar-refractivity contribution in [1.29, 1.82) is 0 Å². The summed E-state index contributed by atoms with van der Waals surface area (Å²) in [6, 6.07) is 19.1. The Morgan fingerprint density at radius 1 is 0.630 bits per heavy atom. The molecule has 0 bridgehead atoms. The van der Waals surface area contributed by atoms with E-state index in [-0.39, 0.29) is 24.2 Å². The van der Waals surface area contributed by atoms with Crippen molar-refractivity contribution in [3.8, 4) is 5.75 Å². The second-order valence-electron chi connectivity index (χ2n) is 15.2. The van der Waals surface area contributed by atoms with Gasteiger partial charge in [0.25, 0.3) is 0 Å². The summed E-state index contributed by atoms with van der Waals surface area (Å²) in [5.41, 5.74) is 5.00. The molecule has 260 valence electrons. The fourth-order valence-corrected chi connectivity index (χ4v) is 19.6. The van der Waals surface area contributed by atoms with Crippen molar-refractivity contribution >= 4 is 16.6 Å². The average Bonchev–Trinajstić information content (AvgIpc) is 3.00. The Morgan fingerprint density at radius 3 is 1.50 bits per heavy atom. The van der Waals surface area contributed by atoms with Gasteiger partial charge >= 0.3 is 0 Å². The van der Waals surface area contributed by atoms with Gasteiger partial charge in [-0.25, -0.2) is 0 Å². The van der Waals surface area contributed by atoms with Gasteiger partial charge in [0, 0.05) is 5.92 Å². The minimum atomic E-state index is -2.33. The van der Waals surface area contributed by atoms with Crippen LogP contribution in [0.3, 0.4) is 0 Å². The molecule has 0 aliphatic rings. The summed E-state index contributed by atoms with van der Waals surface area (Å²) in [5, 5.41) is 0. The molecule has 0 heterocycles. The third-order valence-corrected chi connectivity index (χ3v) is 22.8. The number of hydrogen-bond donors (Lipinski definition) is 0. The lowest BCUT2D eigenvalue weighted by Crippen LogP contribution is -2.56. The summed E-state index contributed by atoms with van der Waals surface area (Å²) >= 11 is 0. The van der Waals surface area contributed by atoms with Gasteiger partial charge < -0.3 is 18.3 Å². The van der Waals surface area contributed by atoms with Crippen LogP contribution in [-0.4, -0.2) is 36.0 Å². The molecule has 2 aromatic rings. The third-order valence-electron chi connectivity index (χ3n) is 10.6. The molecule has 0 radical (unpaired) electrons. The first kappa shape index (κ1) is 40.5. The summed E-state index contributed by atoms with van der Waals surface area (Å²) < 4.78 is 27.9. The lowest BCUT2D eigenvalue weighted by Gasteiger charge is -2.51. The van der Waals surface area contributed by atoms with Crippen LogP contribution in [0.2, 0.25) is 33.2 Å². The van der Waals surface area contributed by atoms with Crippen LogP contribution in [0.4, 0.5) is 0 Å². The molecule has 2 rings (SSSR count). The van der Waals surface area contributed by atoms with Crippen molar-refractivity contribution in [1.82, 2.24) is 0 Å². The van der Waals surface area contributed by atoms with Gasteiger partial charge in [0.05, 0.1) is 32.0 Å². The van der Waals surface area contributed by atoms with Gasteiger partial charge in [0.1, 0.15) is 5.75 Å². The van der Waals surface area contributed by atoms with E-state index in [1.807, 2.05) is 18.2 Å². The Bertz CT molecular complexity index is 1100. The largest absolute Gasteiger partial charge is 0.497 e. The Kier molecular flexibility index (Phi) is 16.0. The zero-order valence-corrected chi connectivity index (χ0v) is 33.8. The van der Waals surface area contributed by atoms with E-state index < -0.39 is 16.6 Å². The second kappa shape index (κ2) is 18.2. The van der Waals surface area contributed by atoms with Crippen molar-refractivity contribution in [3.63, 3.8) is 0 Å². The average molecular weight is 669 g/mol. The van der Waals surface area contributed by atoms with Gasteiger partial charge in [0.2, 0.25) is 16.6 Å². The van der Waals surface area contributed by atoms with Crippen molar-refractivity contribution in [3.05, 3.63) is 78.4 Å². The molecule has 4 nitrogen and oxygen atoms in total. The Labute approximate surface area is 285 Å². The molecule has 6 heteroatoms. The third kappa shape index (κ3) is 9.25. The van der Waals surface area contributed by atoms with Gasteiger partial charge in [-0.15, -0.1) is 6.58 Å². The predicted molar refractivity (Wildman–Crippen MR) is 203 cm³/mol. The van der Waals surface area contributed by atoms with Crippen LogP contribution in [0.25, 0.3) is 0 Å². The molecule has 0 aromatic heterocycles. The summed E-state index contributed by atoms with van der Waals surface area (Å²) in [6.07, 6.45) is 2.24. The monoisotopic (exact) mass is 668 g/mol. The van der Waals surface area contributed by atoms with Crippen molar-refractivity contribution in [2.75, 3.05) is 7.11 Å². The maximum Gasteiger partial charge on any atom is 0.201 e. The molecule has 0 spiro atoms. The molecule has 0 saturated carbocycles. The molecule has 4 atom stereocenters. The molecular weight excluding hydrogens is 601 g/mol.